The number of anilines is 1. The SMILES string of the molecule is CCN(Cc1ccccc1)C(=O)[C@H](C)[NH+](C)CC(=O)Nc1ccc(F)cc1. The van der Waals surface area contributed by atoms with Gasteiger partial charge in [-0.25, -0.2) is 4.39 Å². The number of amides is 2. The molecule has 2 aromatic carbocycles. The van der Waals surface area contributed by atoms with Gasteiger partial charge in [-0.1, -0.05) is 30.3 Å². The zero-order chi connectivity index (χ0) is 19.8. The highest BCUT2D eigenvalue weighted by atomic mass is 19.1. The molecule has 0 aliphatic rings. The summed E-state index contributed by atoms with van der Waals surface area (Å²) in [5, 5.41) is 2.73. The predicted molar refractivity (Wildman–Crippen MR) is 104 cm³/mol. The lowest BCUT2D eigenvalue weighted by molar-refractivity contribution is -0.886. The molecule has 0 aliphatic heterocycles. The molecule has 2 rings (SSSR count). The molecular weight excluding hydrogens is 345 g/mol. The van der Waals surface area contributed by atoms with Crippen molar-refractivity contribution in [2.75, 3.05) is 25.5 Å². The number of likely N-dealkylation sites (N-methyl/N-ethyl adjacent to an activating group) is 2. The molecule has 0 radical (unpaired) electrons. The highest BCUT2D eigenvalue weighted by Gasteiger charge is 2.27. The van der Waals surface area contributed by atoms with E-state index < -0.39 is 0 Å². The van der Waals surface area contributed by atoms with E-state index in [9.17, 15) is 14.0 Å². The number of hydrogen-bond acceptors (Lipinski definition) is 2. The van der Waals surface area contributed by atoms with Crippen LogP contribution < -0.4 is 10.2 Å². The second-order valence-corrected chi connectivity index (χ2v) is 6.64. The van der Waals surface area contributed by atoms with Crippen molar-refractivity contribution in [2.24, 2.45) is 0 Å². The van der Waals surface area contributed by atoms with Gasteiger partial charge in [-0.3, -0.25) is 9.59 Å². The van der Waals surface area contributed by atoms with Crippen molar-refractivity contribution >= 4 is 17.5 Å². The topological polar surface area (TPSA) is 53.9 Å². The van der Waals surface area contributed by atoms with Gasteiger partial charge in [0, 0.05) is 18.8 Å². The Balaban J connectivity index is 1.91. The number of quaternary nitrogens is 1. The lowest BCUT2D eigenvalue weighted by Gasteiger charge is -2.27. The maximum atomic E-state index is 12.9. The van der Waals surface area contributed by atoms with Gasteiger partial charge in [-0.15, -0.1) is 0 Å². The molecule has 0 aliphatic carbocycles. The van der Waals surface area contributed by atoms with Crippen LogP contribution >= 0.6 is 0 Å². The number of benzene rings is 2. The third-order valence-corrected chi connectivity index (χ3v) is 4.59. The molecule has 2 atom stereocenters. The summed E-state index contributed by atoms with van der Waals surface area (Å²) in [6.45, 7) is 5.08. The smallest absolute Gasteiger partial charge is 0.280 e. The first kappa shape index (κ1) is 20.6. The molecule has 2 amide bonds. The molecule has 0 fully saturated rings. The second kappa shape index (κ2) is 9.83. The van der Waals surface area contributed by atoms with Crippen molar-refractivity contribution in [1.82, 2.24) is 4.90 Å². The molecule has 0 bridgehead atoms. The summed E-state index contributed by atoms with van der Waals surface area (Å²) in [5.41, 5.74) is 1.61. The number of nitrogens with one attached hydrogen (secondary N) is 2. The maximum Gasteiger partial charge on any atom is 0.280 e. The lowest BCUT2D eigenvalue weighted by Crippen LogP contribution is -3.15. The van der Waals surface area contributed by atoms with Crippen LogP contribution in [0.5, 0.6) is 0 Å². The molecule has 2 aromatic rings. The van der Waals surface area contributed by atoms with Crippen LogP contribution in [-0.2, 0) is 16.1 Å². The van der Waals surface area contributed by atoms with E-state index in [1.807, 2.05) is 51.2 Å². The van der Waals surface area contributed by atoms with Gasteiger partial charge >= 0.3 is 0 Å². The number of carbonyl (C=O) groups excluding carboxylic acids is 2. The van der Waals surface area contributed by atoms with E-state index in [1.54, 1.807) is 4.90 Å². The van der Waals surface area contributed by atoms with Gasteiger partial charge in [0.2, 0.25) is 0 Å². The van der Waals surface area contributed by atoms with E-state index in [-0.39, 0.29) is 30.2 Å². The largest absolute Gasteiger partial charge is 0.334 e. The molecule has 27 heavy (non-hydrogen) atoms. The monoisotopic (exact) mass is 372 g/mol. The van der Waals surface area contributed by atoms with Gasteiger partial charge in [0.1, 0.15) is 5.82 Å². The van der Waals surface area contributed by atoms with Crippen LogP contribution in [0.15, 0.2) is 54.6 Å². The minimum Gasteiger partial charge on any atom is -0.334 e. The van der Waals surface area contributed by atoms with E-state index >= 15 is 0 Å². The Morgan fingerprint density at radius 3 is 2.33 bits per heavy atom. The van der Waals surface area contributed by atoms with E-state index in [4.69, 9.17) is 0 Å². The van der Waals surface area contributed by atoms with Crippen LogP contribution in [0.1, 0.15) is 19.4 Å². The van der Waals surface area contributed by atoms with Gasteiger partial charge in [0.25, 0.3) is 11.8 Å². The average molecular weight is 372 g/mol. The van der Waals surface area contributed by atoms with Gasteiger partial charge in [0.15, 0.2) is 12.6 Å². The molecule has 0 spiro atoms. The van der Waals surface area contributed by atoms with Crippen molar-refractivity contribution in [3.63, 3.8) is 0 Å². The Hall–Kier alpha value is -2.73. The van der Waals surface area contributed by atoms with Gasteiger partial charge in [0.05, 0.1) is 7.05 Å². The first-order chi connectivity index (χ1) is 12.9. The van der Waals surface area contributed by atoms with Crippen LogP contribution in [0.4, 0.5) is 10.1 Å². The minimum absolute atomic E-state index is 0.00781. The Morgan fingerprint density at radius 1 is 1.11 bits per heavy atom. The number of nitrogens with zero attached hydrogens (tertiary/aromatic N) is 1. The van der Waals surface area contributed by atoms with Crippen LogP contribution in [-0.4, -0.2) is 42.9 Å². The Bertz CT molecular complexity index is 750. The van der Waals surface area contributed by atoms with Crippen LogP contribution in [0.2, 0.25) is 0 Å². The normalized spacial score (nSPS) is 12.9. The summed E-state index contributed by atoms with van der Waals surface area (Å²) in [6, 6.07) is 15.1. The van der Waals surface area contributed by atoms with Crippen LogP contribution in [0.25, 0.3) is 0 Å². The third kappa shape index (κ3) is 6.18. The molecule has 0 saturated carbocycles. The minimum atomic E-state index is -0.354. The predicted octanol–water partition coefficient (Wildman–Crippen LogP) is 1.72. The summed E-state index contributed by atoms with van der Waals surface area (Å²) in [4.78, 5) is 27.6. The second-order valence-electron chi connectivity index (χ2n) is 6.64. The summed E-state index contributed by atoms with van der Waals surface area (Å²) >= 11 is 0. The van der Waals surface area contributed by atoms with E-state index in [1.165, 1.54) is 24.3 Å². The zero-order valence-corrected chi connectivity index (χ0v) is 16.0. The molecule has 0 heterocycles. The molecule has 2 N–H and O–H groups in total. The van der Waals surface area contributed by atoms with Crippen molar-refractivity contribution in [1.29, 1.82) is 0 Å². The van der Waals surface area contributed by atoms with Gasteiger partial charge in [-0.2, -0.15) is 0 Å². The number of hydrogen-bond donors (Lipinski definition) is 2. The van der Waals surface area contributed by atoms with Crippen molar-refractivity contribution in [2.45, 2.75) is 26.4 Å². The fraction of sp³-hybridized carbons (Fsp3) is 0.333. The number of carbonyl (C=O) groups is 2. The first-order valence-corrected chi connectivity index (χ1v) is 9.11. The molecule has 0 aromatic heterocycles. The van der Waals surface area contributed by atoms with E-state index in [0.29, 0.717) is 18.8 Å². The Labute approximate surface area is 159 Å². The summed E-state index contributed by atoms with van der Waals surface area (Å²) in [5.74, 6) is -0.564. The van der Waals surface area contributed by atoms with Crippen LogP contribution in [0, 0.1) is 5.82 Å². The fourth-order valence-corrected chi connectivity index (χ4v) is 2.78. The molecule has 144 valence electrons. The van der Waals surface area contributed by atoms with Crippen molar-refractivity contribution in [3.8, 4) is 0 Å². The standard InChI is InChI=1S/C21H26FN3O2/c1-4-25(14-17-8-6-5-7-9-17)21(27)16(2)24(3)15-20(26)23-19-12-10-18(22)11-13-19/h5-13,16H,4,14-15H2,1-3H3,(H,23,26)/p+1/t16-/m0/s1. The third-order valence-electron chi connectivity index (χ3n) is 4.59. The number of rotatable bonds is 8. The highest BCUT2D eigenvalue weighted by molar-refractivity contribution is 5.91. The molecule has 0 saturated heterocycles. The quantitative estimate of drug-likeness (QED) is 0.741. The highest BCUT2D eigenvalue weighted by Crippen LogP contribution is 2.08. The van der Waals surface area contributed by atoms with Crippen molar-refractivity contribution < 1.29 is 18.9 Å². The van der Waals surface area contributed by atoms with Gasteiger partial charge in [-0.05, 0) is 43.7 Å². The molecule has 6 heteroatoms. The molecular formula is C21H27FN3O2+. The van der Waals surface area contributed by atoms with E-state index in [2.05, 4.69) is 5.32 Å². The maximum absolute atomic E-state index is 12.9. The zero-order valence-electron chi connectivity index (χ0n) is 16.0. The molecule has 1 unspecified atom stereocenters. The fourth-order valence-electron chi connectivity index (χ4n) is 2.78. The summed E-state index contributed by atoms with van der Waals surface area (Å²) in [6.07, 6.45) is 0. The summed E-state index contributed by atoms with van der Waals surface area (Å²) in [7, 11) is 1.82. The number of halogens is 1. The van der Waals surface area contributed by atoms with Gasteiger partial charge < -0.3 is 15.1 Å². The first-order valence-electron chi connectivity index (χ1n) is 9.11. The summed E-state index contributed by atoms with van der Waals surface area (Å²) < 4.78 is 12.9. The van der Waals surface area contributed by atoms with E-state index in [0.717, 1.165) is 10.5 Å². The Morgan fingerprint density at radius 2 is 1.74 bits per heavy atom. The molecule has 5 nitrogen and oxygen atoms in total. The van der Waals surface area contributed by atoms with Crippen molar-refractivity contribution in [3.05, 3.63) is 66.0 Å². The Kier molecular flexibility index (Phi) is 7.49. The average Bonchev–Trinajstić information content (AvgIpc) is 2.67. The lowest BCUT2D eigenvalue weighted by atomic mass is 10.2. The van der Waals surface area contributed by atoms with Crippen LogP contribution in [0.3, 0.4) is 0 Å².